The first-order chi connectivity index (χ1) is 7.06. The molecule has 0 saturated heterocycles. The lowest BCUT2D eigenvalue weighted by molar-refractivity contribution is -0.138. The molecule has 0 aromatic heterocycles. The molecule has 0 rings (SSSR count). The van der Waals surface area contributed by atoms with Gasteiger partial charge in [0, 0.05) is 0 Å². The fourth-order valence-corrected chi connectivity index (χ4v) is 1.00. The van der Waals surface area contributed by atoms with Gasteiger partial charge >= 0.3 is 5.97 Å². The van der Waals surface area contributed by atoms with Crippen LogP contribution in [0.25, 0.3) is 0 Å². The monoisotopic (exact) mass is 214 g/mol. The van der Waals surface area contributed by atoms with Gasteiger partial charge in [-0.1, -0.05) is 5.57 Å². The highest BCUT2D eigenvalue weighted by Crippen LogP contribution is 2.12. The number of methoxy groups -OCH3 is 2. The summed E-state index contributed by atoms with van der Waals surface area (Å²) in [5.41, 5.74) is 1.26. The molecule has 0 heterocycles. The number of ether oxygens (including phenoxy) is 3. The number of hydrogen-bond acceptors (Lipinski definition) is 4. The van der Waals surface area contributed by atoms with Crippen molar-refractivity contribution < 1.29 is 19.0 Å². The fourth-order valence-electron chi connectivity index (χ4n) is 1.00. The van der Waals surface area contributed by atoms with Crippen molar-refractivity contribution in [3.63, 3.8) is 0 Å². The number of rotatable bonds is 5. The Morgan fingerprint density at radius 1 is 1.20 bits per heavy atom. The van der Waals surface area contributed by atoms with Gasteiger partial charge in [0.1, 0.15) is 5.57 Å². The molecule has 0 unspecified atom stereocenters. The van der Waals surface area contributed by atoms with E-state index in [0.29, 0.717) is 12.2 Å². The molecular weight excluding hydrogens is 196 g/mol. The molecule has 0 saturated carbocycles. The van der Waals surface area contributed by atoms with Gasteiger partial charge in [-0.05, 0) is 26.8 Å². The highest BCUT2D eigenvalue weighted by Gasteiger charge is 2.16. The van der Waals surface area contributed by atoms with Crippen LogP contribution >= 0.6 is 0 Å². The zero-order chi connectivity index (χ0) is 11.8. The molecule has 86 valence electrons. The maximum absolute atomic E-state index is 11.6. The normalized spacial score (nSPS) is 8.87. The zero-order valence-corrected chi connectivity index (χ0v) is 9.92. The van der Waals surface area contributed by atoms with Crippen LogP contribution in [0.1, 0.15) is 20.8 Å². The maximum atomic E-state index is 11.6. The average Bonchev–Trinajstić information content (AvgIpc) is 2.18. The largest absolute Gasteiger partial charge is 0.468 e. The fraction of sp³-hybridized carbons (Fsp3) is 0.545. The number of carbonyl (C=O) groups is 1. The molecule has 4 nitrogen and oxygen atoms in total. The Balaban J connectivity index is 5.12. The molecule has 0 aliphatic heterocycles. The van der Waals surface area contributed by atoms with E-state index >= 15 is 0 Å². The Labute approximate surface area is 90.5 Å². The second-order valence-electron chi connectivity index (χ2n) is 3.05. The molecular formula is C11H18O4. The van der Waals surface area contributed by atoms with E-state index in [1.165, 1.54) is 14.2 Å². The predicted molar refractivity (Wildman–Crippen MR) is 57.1 cm³/mol. The standard InChI is InChI=1S/C11H18O4/c1-6-15-10(12)9(7-8(2)3)11(13-4)14-5/h7H,6H2,1-5H3. The van der Waals surface area contributed by atoms with Crippen molar-refractivity contribution in [2.45, 2.75) is 20.8 Å². The van der Waals surface area contributed by atoms with E-state index in [9.17, 15) is 4.79 Å². The summed E-state index contributed by atoms with van der Waals surface area (Å²) in [7, 11) is 2.88. The summed E-state index contributed by atoms with van der Waals surface area (Å²) in [6.07, 6.45) is 1.67. The van der Waals surface area contributed by atoms with E-state index in [-0.39, 0.29) is 5.95 Å². The van der Waals surface area contributed by atoms with Crippen molar-refractivity contribution in [2.24, 2.45) is 0 Å². The summed E-state index contributed by atoms with van der Waals surface area (Å²) in [6, 6.07) is 0. The number of carbonyl (C=O) groups excluding carboxylic acids is 1. The van der Waals surface area contributed by atoms with Gasteiger partial charge in [0.05, 0.1) is 20.8 Å². The molecule has 0 aromatic rings. The molecule has 0 radical (unpaired) electrons. The molecule has 0 spiro atoms. The van der Waals surface area contributed by atoms with Gasteiger partial charge in [0.15, 0.2) is 0 Å². The lowest BCUT2D eigenvalue weighted by Crippen LogP contribution is -2.10. The molecule has 4 heteroatoms. The lowest BCUT2D eigenvalue weighted by Gasteiger charge is -2.09. The Hall–Kier alpha value is -1.45. The van der Waals surface area contributed by atoms with Gasteiger partial charge in [-0.25, -0.2) is 4.79 Å². The smallest absolute Gasteiger partial charge is 0.345 e. The lowest BCUT2D eigenvalue weighted by atomic mass is 10.2. The third-order valence-corrected chi connectivity index (χ3v) is 1.52. The number of hydrogen-bond donors (Lipinski definition) is 0. The van der Waals surface area contributed by atoms with Crippen LogP contribution in [0.5, 0.6) is 0 Å². The van der Waals surface area contributed by atoms with Crippen LogP contribution in [0.3, 0.4) is 0 Å². The molecule has 0 atom stereocenters. The van der Waals surface area contributed by atoms with Crippen molar-refractivity contribution in [3.8, 4) is 0 Å². The first-order valence-corrected chi connectivity index (χ1v) is 4.71. The highest BCUT2D eigenvalue weighted by molar-refractivity contribution is 5.92. The first kappa shape index (κ1) is 13.5. The molecule has 0 aliphatic carbocycles. The van der Waals surface area contributed by atoms with Gasteiger partial charge in [-0.3, -0.25) is 0 Å². The SMILES string of the molecule is CCOC(=O)C(C=C(C)C)=C(OC)OC. The second-order valence-corrected chi connectivity index (χ2v) is 3.05. The van der Waals surface area contributed by atoms with Crippen molar-refractivity contribution in [1.82, 2.24) is 0 Å². The van der Waals surface area contributed by atoms with Gasteiger partial charge < -0.3 is 14.2 Å². The molecule has 15 heavy (non-hydrogen) atoms. The molecule has 0 amide bonds. The van der Waals surface area contributed by atoms with Gasteiger partial charge in [0.2, 0.25) is 0 Å². The highest BCUT2D eigenvalue weighted by atomic mass is 16.7. The quantitative estimate of drug-likeness (QED) is 0.304. The van der Waals surface area contributed by atoms with Gasteiger partial charge in [0.25, 0.3) is 5.95 Å². The second kappa shape index (κ2) is 6.92. The van der Waals surface area contributed by atoms with Crippen LogP contribution in [0.15, 0.2) is 23.2 Å². The molecule has 0 N–H and O–H groups in total. The van der Waals surface area contributed by atoms with Crippen molar-refractivity contribution in [1.29, 1.82) is 0 Å². The first-order valence-electron chi connectivity index (χ1n) is 4.71. The third kappa shape index (κ3) is 4.54. The third-order valence-electron chi connectivity index (χ3n) is 1.52. The Bertz CT molecular complexity index is 266. The molecule has 0 fully saturated rings. The minimum Gasteiger partial charge on any atom is -0.468 e. The Morgan fingerprint density at radius 3 is 2.07 bits per heavy atom. The van der Waals surface area contributed by atoms with Gasteiger partial charge in [-0.2, -0.15) is 0 Å². The van der Waals surface area contributed by atoms with Crippen molar-refractivity contribution >= 4 is 5.97 Å². The van der Waals surface area contributed by atoms with E-state index < -0.39 is 5.97 Å². The summed E-state index contributed by atoms with van der Waals surface area (Å²) >= 11 is 0. The van der Waals surface area contributed by atoms with Gasteiger partial charge in [-0.15, -0.1) is 0 Å². The predicted octanol–water partition coefficient (Wildman–Crippen LogP) is 2.02. The van der Waals surface area contributed by atoms with E-state index in [1.807, 2.05) is 13.8 Å². The van der Waals surface area contributed by atoms with Crippen LogP contribution < -0.4 is 0 Å². The summed E-state index contributed by atoms with van der Waals surface area (Å²) in [4.78, 5) is 11.6. The minimum absolute atomic E-state index is 0.162. The van der Waals surface area contributed by atoms with Crippen molar-refractivity contribution in [3.05, 3.63) is 23.2 Å². The Kier molecular flexibility index (Phi) is 6.25. The summed E-state index contributed by atoms with van der Waals surface area (Å²) in [6.45, 7) is 5.82. The number of allylic oxidation sites excluding steroid dienone is 1. The zero-order valence-electron chi connectivity index (χ0n) is 9.92. The van der Waals surface area contributed by atoms with Crippen LogP contribution in [0.4, 0.5) is 0 Å². The summed E-state index contributed by atoms with van der Waals surface area (Å²) in [5.74, 6) is -0.285. The van der Waals surface area contributed by atoms with E-state index in [1.54, 1.807) is 13.0 Å². The molecule has 0 aliphatic rings. The van der Waals surface area contributed by atoms with Crippen molar-refractivity contribution in [2.75, 3.05) is 20.8 Å². The maximum Gasteiger partial charge on any atom is 0.345 e. The summed E-state index contributed by atoms with van der Waals surface area (Å²) in [5, 5.41) is 0. The topological polar surface area (TPSA) is 44.8 Å². The summed E-state index contributed by atoms with van der Waals surface area (Å²) < 4.78 is 14.8. The van der Waals surface area contributed by atoms with Crippen LogP contribution in [-0.2, 0) is 19.0 Å². The van der Waals surface area contributed by atoms with Crippen LogP contribution in [-0.4, -0.2) is 26.8 Å². The average molecular weight is 214 g/mol. The van der Waals surface area contributed by atoms with Crippen LogP contribution in [0, 0.1) is 0 Å². The van der Waals surface area contributed by atoms with E-state index in [0.717, 1.165) is 5.57 Å². The van der Waals surface area contributed by atoms with E-state index in [2.05, 4.69) is 0 Å². The van der Waals surface area contributed by atoms with Crippen LogP contribution in [0.2, 0.25) is 0 Å². The minimum atomic E-state index is -0.447. The van der Waals surface area contributed by atoms with E-state index in [4.69, 9.17) is 14.2 Å². The molecule has 0 aromatic carbocycles. The Morgan fingerprint density at radius 2 is 1.73 bits per heavy atom. The number of esters is 1. The molecule has 0 bridgehead atoms.